The van der Waals surface area contributed by atoms with Crippen LogP contribution in [-0.4, -0.2) is 11.7 Å². The number of rotatable bonds is 4. The van der Waals surface area contributed by atoms with E-state index >= 15 is 0 Å². The van der Waals surface area contributed by atoms with E-state index in [4.69, 9.17) is 11.6 Å². The van der Waals surface area contributed by atoms with Crippen molar-refractivity contribution in [1.82, 2.24) is 0 Å². The summed E-state index contributed by atoms with van der Waals surface area (Å²) in [5.41, 5.74) is 2.20. The lowest BCUT2D eigenvalue weighted by Crippen LogP contribution is -2.05. The molecule has 106 valence electrons. The third-order valence-electron chi connectivity index (χ3n) is 2.79. The van der Waals surface area contributed by atoms with E-state index in [2.05, 4.69) is 5.32 Å². The second-order valence-corrected chi connectivity index (χ2v) is 4.94. The standard InChI is InChI=1S/C17H14ClNO2/c1-12(20)19-16-9-2-13(3-10-16)4-11-17(21)14-5-7-15(18)8-6-14/h2-11H,1H3,(H,19,20)/b11-4+. The van der Waals surface area contributed by atoms with Gasteiger partial charge in [-0.15, -0.1) is 0 Å². The number of halogens is 1. The van der Waals surface area contributed by atoms with Crippen molar-refractivity contribution < 1.29 is 9.59 Å². The molecule has 0 spiro atoms. The smallest absolute Gasteiger partial charge is 0.221 e. The molecule has 0 heterocycles. The molecule has 0 aliphatic heterocycles. The fourth-order valence-electron chi connectivity index (χ4n) is 1.76. The van der Waals surface area contributed by atoms with Gasteiger partial charge < -0.3 is 5.32 Å². The van der Waals surface area contributed by atoms with Gasteiger partial charge in [-0.1, -0.05) is 29.8 Å². The van der Waals surface area contributed by atoms with Crippen LogP contribution in [-0.2, 0) is 4.79 Å². The predicted octanol–water partition coefficient (Wildman–Crippen LogP) is 4.19. The van der Waals surface area contributed by atoms with E-state index in [0.29, 0.717) is 10.6 Å². The molecule has 2 aromatic rings. The number of carbonyl (C=O) groups is 2. The third-order valence-corrected chi connectivity index (χ3v) is 3.04. The number of hydrogen-bond donors (Lipinski definition) is 1. The molecule has 0 radical (unpaired) electrons. The first-order valence-electron chi connectivity index (χ1n) is 6.40. The molecule has 1 N–H and O–H groups in total. The summed E-state index contributed by atoms with van der Waals surface area (Å²) in [5.74, 6) is -0.200. The van der Waals surface area contributed by atoms with Crippen LogP contribution in [0.2, 0.25) is 5.02 Å². The van der Waals surface area contributed by atoms with Crippen molar-refractivity contribution in [2.75, 3.05) is 5.32 Å². The summed E-state index contributed by atoms with van der Waals surface area (Å²) in [5, 5.41) is 3.29. The van der Waals surface area contributed by atoms with Crippen molar-refractivity contribution in [2.24, 2.45) is 0 Å². The van der Waals surface area contributed by atoms with Crippen molar-refractivity contribution in [2.45, 2.75) is 6.92 Å². The number of benzene rings is 2. The minimum Gasteiger partial charge on any atom is -0.326 e. The maximum atomic E-state index is 12.0. The van der Waals surface area contributed by atoms with Gasteiger partial charge in [-0.05, 0) is 48.0 Å². The monoisotopic (exact) mass is 299 g/mol. The van der Waals surface area contributed by atoms with Gasteiger partial charge in [0.25, 0.3) is 0 Å². The lowest BCUT2D eigenvalue weighted by Gasteiger charge is -2.01. The molecule has 0 unspecified atom stereocenters. The van der Waals surface area contributed by atoms with Crippen LogP contribution < -0.4 is 5.32 Å². The second kappa shape index (κ2) is 6.86. The van der Waals surface area contributed by atoms with E-state index in [1.165, 1.54) is 13.0 Å². The van der Waals surface area contributed by atoms with Crippen LogP contribution in [0.5, 0.6) is 0 Å². The highest BCUT2D eigenvalue weighted by atomic mass is 35.5. The number of allylic oxidation sites excluding steroid dienone is 1. The molecule has 3 nitrogen and oxygen atoms in total. The van der Waals surface area contributed by atoms with E-state index in [1.807, 2.05) is 12.1 Å². The van der Waals surface area contributed by atoms with Crippen molar-refractivity contribution in [1.29, 1.82) is 0 Å². The van der Waals surface area contributed by atoms with E-state index in [1.54, 1.807) is 42.5 Å². The molecule has 0 fully saturated rings. The fourth-order valence-corrected chi connectivity index (χ4v) is 1.89. The number of anilines is 1. The molecular weight excluding hydrogens is 286 g/mol. The summed E-state index contributed by atoms with van der Waals surface area (Å²) >= 11 is 5.78. The Hall–Kier alpha value is -2.39. The first-order chi connectivity index (χ1) is 10.0. The summed E-state index contributed by atoms with van der Waals surface area (Å²) < 4.78 is 0. The molecule has 2 rings (SSSR count). The molecule has 0 bridgehead atoms. The zero-order valence-electron chi connectivity index (χ0n) is 11.5. The van der Waals surface area contributed by atoms with Gasteiger partial charge in [0.2, 0.25) is 5.91 Å². The minimum atomic E-state index is -0.115. The van der Waals surface area contributed by atoms with E-state index in [0.717, 1.165) is 11.3 Å². The number of carbonyl (C=O) groups excluding carboxylic acids is 2. The predicted molar refractivity (Wildman–Crippen MR) is 85.6 cm³/mol. The van der Waals surface area contributed by atoms with Crippen molar-refractivity contribution >= 4 is 35.1 Å². The number of nitrogens with one attached hydrogen (secondary N) is 1. The first kappa shape index (κ1) is 15.0. The second-order valence-electron chi connectivity index (χ2n) is 4.51. The number of ketones is 1. The Labute approximate surface area is 128 Å². The van der Waals surface area contributed by atoms with Gasteiger partial charge >= 0.3 is 0 Å². The summed E-state index contributed by atoms with van der Waals surface area (Å²) in [7, 11) is 0. The highest BCUT2D eigenvalue weighted by molar-refractivity contribution is 6.30. The molecule has 0 saturated carbocycles. The van der Waals surface area contributed by atoms with Gasteiger partial charge in [0.05, 0.1) is 0 Å². The topological polar surface area (TPSA) is 46.2 Å². The van der Waals surface area contributed by atoms with Crippen molar-refractivity contribution in [3.63, 3.8) is 0 Å². The minimum absolute atomic E-state index is 0.0856. The average molecular weight is 300 g/mol. The highest BCUT2D eigenvalue weighted by Gasteiger charge is 2.01. The maximum Gasteiger partial charge on any atom is 0.221 e. The lowest BCUT2D eigenvalue weighted by atomic mass is 10.1. The van der Waals surface area contributed by atoms with Gasteiger partial charge in [-0.25, -0.2) is 0 Å². The molecule has 0 aliphatic rings. The van der Waals surface area contributed by atoms with Gasteiger partial charge in [0.15, 0.2) is 5.78 Å². The molecule has 21 heavy (non-hydrogen) atoms. The van der Waals surface area contributed by atoms with Crippen LogP contribution in [0.4, 0.5) is 5.69 Å². The average Bonchev–Trinajstić information content (AvgIpc) is 2.46. The zero-order chi connectivity index (χ0) is 15.2. The largest absolute Gasteiger partial charge is 0.326 e. The van der Waals surface area contributed by atoms with Crippen LogP contribution in [0.1, 0.15) is 22.8 Å². The highest BCUT2D eigenvalue weighted by Crippen LogP contribution is 2.13. The fraction of sp³-hybridized carbons (Fsp3) is 0.0588. The number of amides is 1. The van der Waals surface area contributed by atoms with E-state index in [9.17, 15) is 9.59 Å². The zero-order valence-corrected chi connectivity index (χ0v) is 12.2. The SMILES string of the molecule is CC(=O)Nc1ccc(/C=C/C(=O)c2ccc(Cl)cc2)cc1. The Morgan fingerprint density at radius 2 is 1.62 bits per heavy atom. The Morgan fingerprint density at radius 1 is 1.00 bits per heavy atom. The van der Waals surface area contributed by atoms with Gasteiger partial charge in [-0.3, -0.25) is 9.59 Å². The molecule has 0 aliphatic carbocycles. The van der Waals surface area contributed by atoms with Crippen molar-refractivity contribution in [3.8, 4) is 0 Å². The van der Waals surface area contributed by atoms with Crippen LogP contribution in [0, 0.1) is 0 Å². The quantitative estimate of drug-likeness (QED) is 0.679. The normalized spacial score (nSPS) is 10.6. The maximum absolute atomic E-state index is 12.0. The Morgan fingerprint density at radius 3 is 2.19 bits per heavy atom. The van der Waals surface area contributed by atoms with E-state index < -0.39 is 0 Å². The van der Waals surface area contributed by atoms with Crippen LogP contribution in [0.25, 0.3) is 6.08 Å². The van der Waals surface area contributed by atoms with Crippen LogP contribution in [0.3, 0.4) is 0 Å². The third kappa shape index (κ3) is 4.58. The molecule has 2 aromatic carbocycles. The van der Waals surface area contributed by atoms with Gasteiger partial charge in [-0.2, -0.15) is 0 Å². The Balaban J connectivity index is 2.05. The summed E-state index contributed by atoms with van der Waals surface area (Å²) in [6.07, 6.45) is 3.24. The Kier molecular flexibility index (Phi) is 4.90. The van der Waals surface area contributed by atoms with Crippen molar-refractivity contribution in [3.05, 3.63) is 70.8 Å². The van der Waals surface area contributed by atoms with E-state index in [-0.39, 0.29) is 11.7 Å². The summed E-state index contributed by atoms with van der Waals surface area (Å²) in [6.45, 7) is 1.46. The number of hydrogen-bond acceptors (Lipinski definition) is 2. The first-order valence-corrected chi connectivity index (χ1v) is 6.78. The molecule has 0 saturated heterocycles. The van der Waals surface area contributed by atoms with Gasteiger partial charge in [0, 0.05) is 23.2 Å². The summed E-state index contributed by atoms with van der Waals surface area (Å²) in [4.78, 5) is 22.9. The molecule has 0 aromatic heterocycles. The van der Waals surface area contributed by atoms with Crippen LogP contribution >= 0.6 is 11.6 Å². The summed E-state index contributed by atoms with van der Waals surface area (Å²) in [6, 6.07) is 14.0. The van der Waals surface area contributed by atoms with Gasteiger partial charge in [0.1, 0.15) is 0 Å². The molecule has 0 atom stereocenters. The molecular formula is C17H14ClNO2. The lowest BCUT2D eigenvalue weighted by molar-refractivity contribution is -0.114. The molecule has 4 heteroatoms. The van der Waals surface area contributed by atoms with Crippen LogP contribution in [0.15, 0.2) is 54.6 Å². The Bertz CT molecular complexity index is 673. The molecule has 1 amide bonds.